The third-order valence-corrected chi connectivity index (χ3v) is 2.51. The van der Waals surface area contributed by atoms with Gasteiger partial charge in [0.15, 0.2) is 0 Å². The highest BCUT2D eigenvalue weighted by Crippen LogP contribution is 2.35. The van der Waals surface area contributed by atoms with Gasteiger partial charge in [-0.2, -0.15) is 0 Å². The number of carboxylic acids is 1. The summed E-state index contributed by atoms with van der Waals surface area (Å²) in [5.41, 5.74) is 5.24. The lowest BCUT2D eigenvalue weighted by Crippen LogP contribution is -2.17. The molecule has 2 rings (SSSR count). The molecule has 5 nitrogen and oxygen atoms in total. The zero-order valence-corrected chi connectivity index (χ0v) is 10.4. The van der Waals surface area contributed by atoms with Crippen molar-refractivity contribution in [3.8, 4) is 17.0 Å². The van der Waals surface area contributed by atoms with Gasteiger partial charge in [0.1, 0.15) is 11.4 Å². The van der Waals surface area contributed by atoms with E-state index in [1.54, 1.807) is 0 Å². The van der Waals surface area contributed by atoms with E-state index in [2.05, 4.69) is 9.72 Å². The Labute approximate surface area is 116 Å². The zero-order chi connectivity index (χ0) is 15.6. The highest BCUT2D eigenvalue weighted by molar-refractivity contribution is 5.88. The van der Waals surface area contributed by atoms with Crippen LogP contribution in [-0.4, -0.2) is 22.4 Å². The quantitative estimate of drug-likeness (QED) is 0.910. The number of aromatic carboxylic acids is 1. The van der Waals surface area contributed by atoms with Crippen molar-refractivity contribution in [1.29, 1.82) is 0 Å². The Bertz CT molecular complexity index is 687. The van der Waals surface area contributed by atoms with Gasteiger partial charge in [0.05, 0.1) is 11.4 Å². The lowest BCUT2D eigenvalue weighted by atomic mass is 10.1. The zero-order valence-electron chi connectivity index (χ0n) is 10.4. The summed E-state index contributed by atoms with van der Waals surface area (Å²) >= 11 is 0. The fourth-order valence-corrected chi connectivity index (χ4v) is 1.68. The third kappa shape index (κ3) is 3.41. The Balaban J connectivity index is 2.56. The number of pyridine rings is 1. The lowest BCUT2D eigenvalue weighted by Gasteiger charge is -2.14. The minimum Gasteiger partial charge on any atom is -0.477 e. The van der Waals surface area contributed by atoms with Gasteiger partial charge in [-0.25, -0.2) is 9.78 Å². The first-order valence-electron chi connectivity index (χ1n) is 5.63. The van der Waals surface area contributed by atoms with Gasteiger partial charge in [0.25, 0.3) is 0 Å². The summed E-state index contributed by atoms with van der Waals surface area (Å²) in [6, 6.07) is 7.64. The van der Waals surface area contributed by atoms with Crippen molar-refractivity contribution in [3.63, 3.8) is 0 Å². The predicted octanol–water partition coefficient (Wildman–Crippen LogP) is 2.93. The standard InChI is InChI=1S/C13H9F3N2O3/c14-13(15,16)21-10-4-2-1-3-7(10)11-8(17)5-6-9(18-11)12(19)20/h1-6H,17H2,(H,19,20). The van der Waals surface area contributed by atoms with Crippen molar-refractivity contribution in [1.82, 2.24) is 4.98 Å². The van der Waals surface area contributed by atoms with Gasteiger partial charge in [-0.1, -0.05) is 12.1 Å². The van der Waals surface area contributed by atoms with E-state index in [1.807, 2.05) is 0 Å². The number of hydrogen-bond donors (Lipinski definition) is 2. The minimum atomic E-state index is -4.88. The maximum absolute atomic E-state index is 12.4. The van der Waals surface area contributed by atoms with Crippen molar-refractivity contribution >= 4 is 11.7 Å². The first-order chi connectivity index (χ1) is 9.78. The molecule has 0 spiro atoms. The second-order valence-electron chi connectivity index (χ2n) is 3.98. The maximum atomic E-state index is 12.4. The smallest absolute Gasteiger partial charge is 0.477 e. The summed E-state index contributed by atoms with van der Waals surface area (Å²) in [6.07, 6.45) is -4.88. The molecule has 0 aliphatic rings. The normalized spacial score (nSPS) is 11.2. The molecule has 0 saturated heterocycles. The summed E-state index contributed by atoms with van der Waals surface area (Å²) in [7, 11) is 0. The van der Waals surface area contributed by atoms with Gasteiger partial charge in [-0.3, -0.25) is 0 Å². The molecule has 1 aromatic carbocycles. The van der Waals surface area contributed by atoms with E-state index >= 15 is 0 Å². The van der Waals surface area contributed by atoms with Crippen LogP contribution in [0.25, 0.3) is 11.3 Å². The number of para-hydroxylation sites is 1. The molecule has 1 heterocycles. The Morgan fingerprint density at radius 2 is 1.86 bits per heavy atom. The molecule has 0 aliphatic carbocycles. The van der Waals surface area contributed by atoms with Gasteiger partial charge in [-0.15, -0.1) is 13.2 Å². The van der Waals surface area contributed by atoms with E-state index in [1.165, 1.54) is 24.3 Å². The second-order valence-corrected chi connectivity index (χ2v) is 3.98. The molecule has 21 heavy (non-hydrogen) atoms. The summed E-state index contributed by atoms with van der Waals surface area (Å²) in [6.45, 7) is 0. The van der Waals surface area contributed by atoms with Crippen molar-refractivity contribution in [3.05, 3.63) is 42.1 Å². The average Bonchev–Trinajstić information content (AvgIpc) is 2.38. The number of nitrogens with two attached hydrogens (primary N) is 1. The molecule has 2 aromatic rings. The summed E-state index contributed by atoms with van der Waals surface area (Å²) in [4.78, 5) is 14.7. The number of carboxylic acid groups (broad SMARTS) is 1. The van der Waals surface area contributed by atoms with E-state index in [4.69, 9.17) is 10.8 Å². The van der Waals surface area contributed by atoms with E-state index in [9.17, 15) is 18.0 Å². The third-order valence-electron chi connectivity index (χ3n) is 2.51. The number of aromatic nitrogens is 1. The van der Waals surface area contributed by atoms with Gasteiger partial charge in [0, 0.05) is 5.56 Å². The van der Waals surface area contributed by atoms with Crippen LogP contribution in [0.15, 0.2) is 36.4 Å². The van der Waals surface area contributed by atoms with E-state index in [0.29, 0.717) is 0 Å². The van der Waals surface area contributed by atoms with Gasteiger partial charge >= 0.3 is 12.3 Å². The van der Waals surface area contributed by atoms with Crippen LogP contribution in [0.5, 0.6) is 5.75 Å². The van der Waals surface area contributed by atoms with Crippen LogP contribution >= 0.6 is 0 Å². The monoisotopic (exact) mass is 298 g/mol. The minimum absolute atomic E-state index is 0.0400. The second kappa shape index (κ2) is 5.31. The number of anilines is 1. The first-order valence-corrected chi connectivity index (χ1v) is 5.63. The van der Waals surface area contributed by atoms with Crippen LogP contribution in [0.1, 0.15) is 10.5 Å². The molecule has 0 atom stereocenters. The number of rotatable bonds is 3. The molecule has 3 N–H and O–H groups in total. The van der Waals surface area contributed by atoms with Gasteiger partial charge in [0.2, 0.25) is 0 Å². The Morgan fingerprint density at radius 3 is 2.48 bits per heavy atom. The SMILES string of the molecule is Nc1ccc(C(=O)O)nc1-c1ccccc1OC(F)(F)F. The lowest BCUT2D eigenvalue weighted by molar-refractivity contribution is -0.274. The molecular formula is C13H9F3N2O3. The summed E-state index contributed by atoms with van der Waals surface area (Å²) in [5.74, 6) is -1.82. The van der Waals surface area contributed by atoms with E-state index in [0.717, 1.165) is 12.1 Å². The fraction of sp³-hybridized carbons (Fsp3) is 0.0769. The number of carbonyl (C=O) groups is 1. The molecule has 110 valence electrons. The van der Waals surface area contributed by atoms with Crippen LogP contribution in [-0.2, 0) is 0 Å². The highest BCUT2D eigenvalue weighted by atomic mass is 19.4. The van der Waals surface area contributed by atoms with E-state index < -0.39 is 18.1 Å². The summed E-state index contributed by atoms with van der Waals surface area (Å²) < 4.78 is 41.0. The van der Waals surface area contributed by atoms with Crippen LogP contribution in [0.4, 0.5) is 18.9 Å². The number of nitrogen functional groups attached to an aromatic ring is 1. The van der Waals surface area contributed by atoms with Crippen molar-refractivity contribution < 1.29 is 27.8 Å². The van der Waals surface area contributed by atoms with Crippen LogP contribution in [0.3, 0.4) is 0 Å². The predicted molar refractivity (Wildman–Crippen MR) is 67.7 cm³/mol. The number of benzene rings is 1. The topological polar surface area (TPSA) is 85.4 Å². The maximum Gasteiger partial charge on any atom is 0.573 e. The van der Waals surface area contributed by atoms with Crippen molar-refractivity contribution in [2.75, 3.05) is 5.73 Å². The Morgan fingerprint density at radius 1 is 1.19 bits per heavy atom. The van der Waals surface area contributed by atoms with Gasteiger partial charge in [-0.05, 0) is 24.3 Å². The average molecular weight is 298 g/mol. The first kappa shape index (κ1) is 14.6. The fourth-order valence-electron chi connectivity index (χ4n) is 1.68. The van der Waals surface area contributed by atoms with Crippen molar-refractivity contribution in [2.45, 2.75) is 6.36 Å². The molecule has 1 aromatic heterocycles. The molecule has 0 unspecified atom stereocenters. The Kier molecular flexibility index (Phi) is 3.70. The molecular weight excluding hydrogens is 289 g/mol. The molecule has 0 saturated carbocycles. The van der Waals surface area contributed by atoms with Crippen LogP contribution < -0.4 is 10.5 Å². The highest BCUT2D eigenvalue weighted by Gasteiger charge is 2.32. The molecule has 0 bridgehead atoms. The number of ether oxygens (including phenoxy) is 1. The Hall–Kier alpha value is -2.77. The van der Waals surface area contributed by atoms with E-state index in [-0.39, 0.29) is 22.6 Å². The molecule has 0 aliphatic heterocycles. The molecule has 0 fully saturated rings. The number of nitrogens with zero attached hydrogens (tertiary/aromatic N) is 1. The van der Waals surface area contributed by atoms with Crippen LogP contribution in [0.2, 0.25) is 0 Å². The summed E-state index contributed by atoms with van der Waals surface area (Å²) in [5, 5.41) is 8.89. The largest absolute Gasteiger partial charge is 0.573 e. The van der Waals surface area contributed by atoms with Gasteiger partial charge < -0.3 is 15.6 Å². The molecule has 0 radical (unpaired) electrons. The number of hydrogen-bond acceptors (Lipinski definition) is 4. The number of alkyl halides is 3. The molecule has 0 amide bonds. The number of halogens is 3. The van der Waals surface area contributed by atoms with Crippen molar-refractivity contribution in [2.24, 2.45) is 0 Å². The van der Waals surface area contributed by atoms with Crippen LogP contribution in [0, 0.1) is 0 Å². The molecule has 8 heteroatoms.